The van der Waals surface area contributed by atoms with Gasteiger partial charge in [0.05, 0.1) is 39.6 Å². The highest BCUT2D eigenvalue weighted by Gasteiger charge is 2.50. The summed E-state index contributed by atoms with van der Waals surface area (Å²) in [7, 11) is -2.76. The summed E-state index contributed by atoms with van der Waals surface area (Å²) in [5, 5.41) is 25.6. The van der Waals surface area contributed by atoms with Gasteiger partial charge >= 0.3 is 5.69 Å². The molecule has 2 saturated heterocycles. The number of nitrogens with zero attached hydrogens (tertiary/aromatic N) is 5. The van der Waals surface area contributed by atoms with Crippen molar-refractivity contribution in [2.75, 3.05) is 63.2 Å². The summed E-state index contributed by atoms with van der Waals surface area (Å²) in [6, 6.07) is 19.6. The van der Waals surface area contributed by atoms with Crippen LogP contribution in [0.5, 0.6) is 11.5 Å². The number of hydrogen-bond acceptors (Lipinski definition) is 13. The lowest BCUT2D eigenvalue weighted by molar-refractivity contribution is -0.384. The fourth-order valence-electron chi connectivity index (χ4n) is 11.8. The lowest BCUT2D eigenvalue weighted by Crippen LogP contribution is -2.60. The molecule has 9 rings (SSSR count). The van der Waals surface area contributed by atoms with Gasteiger partial charge in [-0.05, 0) is 129 Å². The molecule has 4 fully saturated rings. The van der Waals surface area contributed by atoms with E-state index in [4.69, 9.17) is 15.2 Å². The number of sulfone groups is 1. The molecule has 16 heteroatoms. The zero-order valence-corrected chi connectivity index (χ0v) is 40.7. The van der Waals surface area contributed by atoms with Crippen molar-refractivity contribution < 1.29 is 32.7 Å². The Labute approximate surface area is 400 Å². The van der Waals surface area contributed by atoms with E-state index >= 15 is 0 Å². The Hall–Kier alpha value is -5.29. The Balaban J connectivity index is 0.884. The van der Waals surface area contributed by atoms with Crippen molar-refractivity contribution >= 4 is 32.9 Å². The molecule has 2 aliphatic carbocycles. The van der Waals surface area contributed by atoms with Crippen LogP contribution in [0.4, 0.5) is 17.2 Å². The number of rotatable bonds is 14. The summed E-state index contributed by atoms with van der Waals surface area (Å²) in [5.41, 5.74) is 10.6. The first-order valence-corrected chi connectivity index (χ1v) is 26.0. The van der Waals surface area contributed by atoms with Crippen LogP contribution in [-0.4, -0.2) is 104 Å². The number of piperidine rings is 1. The first-order chi connectivity index (χ1) is 32.5. The van der Waals surface area contributed by atoms with Gasteiger partial charge in [0.1, 0.15) is 0 Å². The number of piperazine rings is 1. The molecule has 5 aliphatic rings. The van der Waals surface area contributed by atoms with Crippen molar-refractivity contribution in [1.29, 1.82) is 0 Å². The maximum Gasteiger partial charge on any atom is 0.312 e. The van der Waals surface area contributed by atoms with E-state index in [0.717, 1.165) is 114 Å². The van der Waals surface area contributed by atoms with Crippen LogP contribution in [0.15, 0.2) is 76.7 Å². The van der Waals surface area contributed by atoms with Gasteiger partial charge in [-0.1, -0.05) is 44.2 Å². The van der Waals surface area contributed by atoms with Crippen LogP contribution in [-0.2, 0) is 22.8 Å². The Morgan fingerprint density at radius 1 is 1.04 bits per heavy atom. The first-order valence-electron chi connectivity index (χ1n) is 24.5. The average molecular weight is 950 g/mol. The number of ether oxygens (including phenoxy) is 2. The van der Waals surface area contributed by atoms with Crippen molar-refractivity contribution in [3.63, 3.8) is 0 Å². The number of aromatic nitrogens is 1. The minimum absolute atomic E-state index is 0.0349. The molecule has 2 saturated carbocycles. The summed E-state index contributed by atoms with van der Waals surface area (Å²) >= 11 is 0. The van der Waals surface area contributed by atoms with E-state index in [1.54, 1.807) is 13.2 Å². The van der Waals surface area contributed by atoms with E-state index in [9.17, 15) is 28.4 Å². The molecule has 0 unspecified atom stereocenters. The van der Waals surface area contributed by atoms with Crippen LogP contribution in [0, 0.1) is 21.4 Å². The van der Waals surface area contributed by atoms with Crippen LogP contribution < -0.4 is 25.4 Å². The summed E-state index contributed by atoms with van der Waals surface area (Å²) in [6.07, 6.45) is 9.96. The van der Waals surface area contributed by atoms with Gasteiger partial charge in [-0.25, -0.2) is 13.4 Å². The number of amides is 1. The molecule has 1 aromatic heterocycles. The van der Waals surface area contributed by atoms with Crippen LogP contribution in [0.1, 0.15) is 123 Å². The average Bonchev–Trinajstić information content (AvgIpc) is 3.32. The highest BCUT2D eigenvalue weighted by atomic mass is 32.2. The smallest absolute Gasteiger partial charge is 0.312 e. The standard InChI is InChI=1S/C52H67N7O8S/c1-34(2)40-8-5-6-9-42(40)45-33-56(32-36-11-14-46(66-4)48-41(36)10-7-25-67-48)23-24-58(45)38-28-52(29-38)19-21-57(22-20-52)37-12-13-43(49(53)60)47(26-37)68(64,65)39-27-44(59(62)63)50(55-31-39)54-30-35-15-17-51(3,61)18-16-35/h5-6,8-9,11-14,26-27,31,34-35,38,45,61H,7,10,15-25,28-30,32-33H2,1-4H3,(H2,53,60)(H,54,55)/t35?,45-,51?/m0/s1. The van der Waals surface area contributed by atoms with E-state index in [1.807, 2.05) is 6.92 Å². The minimum Gasteiger partial charge on any atom is -0.493 e. The van der Waals surface area contributed by atoms with E-state index in [0.29, 0.717) is 43.6 Å². The summed E-state index contributed by atoms with van der Waals surface area (Å²) in [6.45, 7) is 12.7. The second kappa shape index (κ2) is 19.2. The summed E-state index contributed by atoms with van der Waals surface area (Å²) < 4.78 is 40.4. The van der Waals surface area contributed by atoms with Crippen LogP contribution in [0.25, 0.3) is 0 Å². The van der Waals surface area contributed by atoms with Crippen LogP contribution in [0.2, 0.25) is 0 Å². The number of carbonyl (C=O) groups excluding carboxylic acids is 1. The number of benzene rings is 3. The Kier molecular flexibility index (Phi) is 13.5. The number of nitro groups is 1. The van der Waals surface area contributed by atoms with E-state index in [2.05, 4.69) is 75.2 Å². The molecule has 1 amide bonds. The molecule has 3 aliphatic heterocycles. The quantitative estimate of drug-likeness (QED) is 0.0813. The largest absolute Gasteiger partial charge is 0.493 e. The summed E-state index contributed by atoms with van der Waals surface area (Å²) in [4.78, 5) is 35.4. The predicted molar refractivity (Wildman–Crippen MR) is 261 cm³/mol. The van der Waals surface area contributed by atoms with Crippen LogP contribution >= 0.6 is 0 Å². The molecule has 4 N–H and O–H groups in total. The van der Waals surface area contributed by atoms with Gasteiger partial charge in [-0.3, -0.25) is 24.7 Å². The second-order valence-corrected chi connectivity index (χ2v) is 22.6. The highest BCUT2D eigenvalue weighted by molar-refractivity contribution is 7.91. The zero-order chi connectivity index (χ0) is 48.0. The lowest BCUT2D eigenvalue weighted by Gasteiger charge is -2.58. The van der Waals surface area contributed by atoms with Gasteiger partial charge in [0.15, 0.2) is 11.5 Å². The van der Waals surface area contributed by atoms with Crippen molar-refractivity contribution in [2.45, 2.75) is 125 Å². The molecular weight excluding hydrogens is 883 g/mol. The van der Waals surface area contributed by atoms with E-state index < -0.39 is 36.9 Å². The molecule has 3 aromatic carbocycles. The maximum atomic E-state index is 14.3. The molecule has 15 nitrogen and oxygen atoms in total. The SMILES string of the molecule is COc1ccc(CN2CCN(C3CC4(CCN(c5ccc(C(N)=O)c(S(=O)(=O)c6cnc(NCC7CCC(C)(O)CC7)c([N+](=O)[O-])c6)c5)CC4)C3)[C@H](c3ccccc3C(C)C)C2)c2c1OCCC2. The maximum absolute atomic E-state index is 14.3. The Morgan fingerprint density at radius 3 is 2.50 bits per heavy atom. The van der Waals surface area contributed by atoms with Gasteiger partial charge in [-0.2, -0.15) is 0 Å². The monoisotopic (exact) mass is 949 g/mol. The number of pyridine rings is 1. The van der Waals surface area contributed by atoms with E-state index in [1.165, 1.54) is 34.4 Å². The lowest BCUT2D eigenvalue weighted by atomic mass is 9.59. The zero-order valence-electron chi connectivity index (χ0n) is 39.9. The molecule has 4 heterocycles. The van der Waals surface area contributed by atoms with Crippen molar-refractivity contribution in [3.8, 4) is 11.5 Å². The molecule has 4 aromatic rings. The molecule has 364 valence electrons. The third-order valence-corrected chi connectivity index (χ3v) is 17.6. The van der Waals surface area contributed by atoms with Crippen molar-refractivity contribution in [3.05, 3.63) is 105 Å². The van der Waals surface area contributed by atoms with Gasteiger partial charge in [-0.15, -0.1) is 0 Å². The second-order valence-electron chi connectivity index (χ2n) is 20.7. The fraction of sp³-hybridized carbons (Fsp3) is 0.538. The Bertz CT molecular complexity index is 2630. The molecule has 1 spiro atoms. The number of primary amides is 1. The van der Waals surface area contributed by atoms with Crippen molar-refractivity contribution in [1.82, 2.24) is 14.8 Å². The predicted octanol–water partition coefficient (Wildman–Crippen LogP) is 8.04. The third-order valence-electron chi connectivity index (χ3n) is 15.8. The highest BCUT2D eigenvalue weighted by Crippen LogP contribution is 2.53. The van der Waals surface area contributed by atoms with Gasteiger partial charge in [0, 0.05) is 81.4 Å². The number of nitrogens with one attached hydrogen (secondary N) is 1. The minimum atomic E-state index is -4.47. The topological polar surface area (TPSA) is 194 Å². The first kappa shape index (κ1) is 47.8. The number of aliphatic hydroxyl groups is 1. The number of anilines is 2. The summed E-state index contributed by atoms with van der Waals surface area (Å²) in [5.74, 6) is 1.34. The number of methoxy groups -OCH3 is 1. The molecule has 0 radical (unpaired) electrons. The molecule has 68 heavy (non-hydrogen) atoms. The molecular formula is C52H67N7O8S. The molecule has 1 atom stereocenters. The normalized spacial score (nSPS) is 23.4. The fourth-order valence-corrected chi connectivity index (χ4v) is 13.2. The Morgan fingerprint density at radius 2 is 1.79 bits per heavy atom. The molecule has 0 bridgehead atoms. The number of fused-ring (bicyclic) bond motifs is 1. The number of nitrogens with two attached hydrogens (primary N) is 1. The number of hydrogen-bond donors (Lipinski definition) is 3. The third kappa shape index (κ3) is 9.66. The number of carbonyl (C=O) groups is 1. The van der Waals surface area contributed by atoms with Crippen molar-refractivity contribution in [2.24, 2.45) is 17.1 Å². The van der Waals surface area contributed by atoms with Gasteiger partial charge in [0.25, 0.3) is 0 Å². The van der Waals surface area contributed by atoms with Gasteiger partial charge in [0.2, 0.25) is 21.6 Å². The van der Waals surface area contributed by atoms with E-state index in [-0.39, 0.29) is 33.7 Å². The van der Waals surface area contributed by atoms with Crippen LogP contribution in [0.3, 0.4) is 0 Å². The van der Waals surface area contributed by atoms with Gasteiger partial charge < -0.3 is 30.5 Å².